The van der Waals surface area contributed by atoms with Gasteiger partial charge in [-0.3, -0.25) is 48.8 Å². The van der Waals surface area contributed by atoms with Gasteiger partial charge >= 0.3 is 17.9 Å². The molecule has 0 aliphatic carbocycles. The minimum absolute atomic E-state index is 0.0307. The molecule has 0 aromatic heterocycles. The summed E-state index contributed by atoms with van der Waals surface area (Å²) in [6, 6.07) is -0.248. The molecule has 386 valence electrons. The van der Waals surface area contributed by atoms with E-state index in [9.17, 15) is 53.7 Å². The zero-order valence-electron chi connectivity index (χ0n) is 40.5. The number of carboxylic acids is 3. The van der Waals surface area contributed by atoms with E-state index in [2.05, 4.69) is 76.0 Å². The number of hydrazine groups is 1. The lowest BCUT2D eigenvalue weighted by Crippen LogP contribution is -2.62. The van der Waals surface area contributed by atoms with Gasteiger partial charge in [0, 0.05) is 24.1 Å². The Morgan fingerprint density at radius 3 is 2.04 bits per heavy atom. The second-order valence-corrected chi connectivity index (χ2v) is 18.1. The molecule has 23 nitrogen and oxygen atoms in total. The lowest BCUT2D eigenvalue weighted by molar-refractivity contribution is -0.142. The van der Waals surface area contributed by atoms with Crippen molar-refractivity contribution in [3.8, 4) is 0 Å². The Hall–Kier alpha value is -6.85. The molecule has 2 aliphatic rings. The third-order valence-electron chi connectivity index (χ3n) is 12.0. The van der Waals surface area contributed by atoms with E-state index in [1.807, 2.05) is 25.1 Å². The van der Waals surface area contributed by atoms with Crippen molar-refractivity contribution in [3.63, 3.8) is 0 Å². The van der Waals surface area contributed by atoms with Crippen LogP contribution in [0.5, 0.6) is 0 Å². The summed E-state index contributed by atoms with van der Waals surface area (Å²) in [5.74, 6) is -9.25. The van der Waals surface area contributed by atoms with Gasteiger partial charge in [0.1, 0.15) is 42.9 Å². The van der Waals surface area contributed by atoms with Gasteiger partial charge in [-0.25, -0.2) is 0 Å². The lowest BCUT2D eigenvalue weighted by atomic mass is 9.75. The highest BCUT2D eigenvalue weighted by Gasteiger charge is 2.59. The maximum Gasteiger partial charge on any atom is 0.322 e. The van der Waals surface area contributed by atoms with Crippen LogP contribution in [0.15, 0.2) is 64.2 Å². The molecule has 2 aliphatic heterocycles. The zero-order chi connectivity index (χ0) is 52.3. The Balaban J connectivity index is 2.09. The molecule has 23 heteroatoms. The molecule has 16 N–H and O–H groups in total. The number of benzene rings is 1. The van der Waals surface area contributed by atoms with Crippen LogP contribution in [0.1, 0.15) is 111 Å². The van der Waals surface area contributed by atoms with Gasteiger partial charge < -0.3 is 64.2 Å². The zero-order valence-corrected chi connectivity index (χ0v) is 40.5. The topological polar surface area (TPSA) is 383 Å². The third kappa shape index (κ3) is 17.6. The van der Waals surface area contributed by atoms with E-state index < -0.39 is 121 Å². The molecular weight excluding hydrogens is 911 g/mol. The maximum absolute atomic E-state index is 14.6. The number of aliphatic hydroxyl groups is 1. The van der Waals surface area contributed by atoms with Crippen LogP contribution in [0.3, 0.4) is 0 Å². The fraction of sp³-hybridized carbons (Fsp3) is 0.553. The molecule has 1 fully saturated rings. The Kier molecular flexibility index (Phi) is 22.5. The summed E-state index contributed by atoms with van der Waals surface area (Å²) in [4.78, 5) is 108. The summed E-state index contributed by atoms with van der Waals surface area (Å²) < 4.78 is 0. The number of hydrogen-bond acceptors (Lipinski definition) is 13. The molecule has 70 heavy (non-hydrogen) atoms. The number of hydrogen-bond donors (Lipinski definition) is 13. The van der Waals surface area contributed by atoms with Crippen molar-refractivity contribution in [1.82, 2.24) is 31.7 Å². The highest BCUT2D eigenvalue weighted by molar-refractivity contribution is 5.95. The number of fused-ring (bicyclic) bond motifs is 3. The van der Waals surface area contributed by atoms with Gasteiger partial charge in [-0.1, -0.05) is 53.1 Å². The largest absolute Gasteiger partial charge is 0.481 e. The monoisotopic (exact) mass is 982 g/mol. The van der Waals surface area contributed by atoms with Crippen LogP contribution in [0.25, 0.3) is 0 Å². The Morgan fingerprint density at radius 1 is 0.800 bits per heavy atom. The number of carboxylic acid groups (broad SMARTS) is 3. The number of guanidine groups is 1. The summed E-state index contributed by atoms with van der Waals surface area (Å²) in [5.41, 5.74) is 23.5. The number of para-hydroxylation sites is 1. The molecule has 2 heterocycles. The first-order chi connectivity index (χ1) is 32.9. The SMILES string of the molecule is CC(C)=CCC/C(C)=C/CC/C(C)=C/C[C@]12C[C@@H](C(=O)NC(CC(=O)O)C(=O)NCC(=O)O)N(NC(=O)[C@H](CCC(=O)O)NC(=O)[C@H](CCCN=C(N)N)NC(=O)[C@@H](N)[C@@H](C)O)[C@H]1Nc1ccccc12. The van der Waals surface area contributed by atoms with E-state index in [1.165, 1.54) is 23.1 Å². The number of carbonyl (C=O) groups excluding carboxylic acids is 5. The molecule has 0 spiro atoms. The molecule has 1 aromatic carbocycles. The minimum Gasteiger partial charge on any atom is -0.481 e. The standard InChI is InChI=1S/C47H71N11O12/c1-26(2)11-8-12-27(3)13-9-14-28(4)20-21-47-24-35(43(69)55-34(23-37(62)63)40(66)52-25-38(64)65)58(45(47)56-31-16-7-6-15-30(31)47)57-42(68)33(18-19-36(60)61)53-41(67)32(17-10-22-51-46(49)50)54-44(70)39(48)29(5)59/h6-7,11,13,15-16,20,29,32-35,39,45,56,59H,8-10,12,14,17-19,21-25,48H2,1-5H3,(H,52,66)(H,53,67)(H,54,70)(H,55,69)(H,57,68)(H,60,61)(H,62,63)(H,64,65)(H4,49,50,51)/b27-13+,28-20+/t29-,32+,33+,34?,35+,39+,45-,47-/m1/s1. The molecule has 0 saturated carbocycles. The quantitative estimate of drug-likeness (QED) is 0.0223. The molecular formula is C47H71N11O12. The highest BCUT2D eigenvalue weighted by Crippen LogP contribution is 2.53. The van der Waals surface area contributed by atoms with Crippen LogP contribution in [-0.2, 0) is 43.8 Å². The summed E-state index contributed by atoms with van der Waals surface area (Å²) in [5, 5.41) is 52.7. The summed E-state index contributed by atoms with van der Waals surface area (Å²) in [6.07, 6.45) is 5.90. The van der Waals surface area contributed by atoms with E-state index in [-0.39, 0.29) is 31.8 Å². The number of aliphatic carboxylic acids is 3. The third-order valence-corrected chi connectivity index (χ3v) is 12.0. The average molecular weight is 982 g/mol. The minimum atomic E-state index is -1.75. The molecule has 1 saturated heterocycles. The number of carbonyl (C=O) groups is 8. The fourth-order valence-corrected chi connectivity index (χ4v) is 8.23. The van der Waals surface area contributed by atoms with Crippen molar-refractivity contribution in [2.75, 3.05) is 18.4 Å². The second-order valence-electron chi connectivity index (χ2n) is 18.1. The number of nitrogens with two attached hydrogens (primary N) is 3. The van der Waals surface area contributed by atoms with Gasteiger partial charge in [0.15, 0.2) is 5.96 Å². The number of aliphatic imine (C=N–C) groups is 1. The van der Waals surface area contributed by atoms with Crippen LogP contribution in [0.4, 0.5) is 5.69 Å². The smallest absolute Gasteiger partial charge is 0.322 e. The Labute approximate surface area is 407 Å². The van der Waals surface area contributed by atoms with Gasteiger partial charge in [-0.05, 0) is 104 Å². The van der Waals surface area contributed by atoms with Gasteiger partial charge in [-0.2, -0.15) is 5.01 Å². The molecule has 5 amide bonds. The van der Waals surface area contributed by atoms with Crippen molar-refractivity contribution in [2.45, 2.75) is 153 Å². The van der Waals surface area contributed by atoms with Crippen LogP contribution in [0.2, 0.25) is 0 Å². The summed E-state index contributed by atoms with van der Waals surface area (Å²) in [7, 11) is 0. The van der Waals surface area contributed by atoms with Crippen LogP contribution >= 0.6 is 0 Å². The first-order valence-corrected chi connectivity index (χ1v) is 23.2. The van der Waals surface area contributed by atoms with E-state index in [0.29, 0.717) is 18.5 Å². The first-order valence-electron chi connectivity index (χ1n) is 23.2. The predicted molar refractivity (Wildman–Crippen MR) is 259 cm³/mol. The number of amides is 5. The number of aliphatic hydroxyl groups excluding tert-OH is 1. The van der Waals surface area contributed by atoms with Crippen molar-refractivity contribution < 1.29 is 58.8 Å². The summed E-state index contributed by atoms with van der Waals surface area (Å²) >= 11 is 0. The molecule has 0 bridgehead atoms. The molecule has 1 unspecified atom stereocenters. The van der Waals surface area contributed by atoms with E-state index >= 15 is 0 Å². The molecule has 8 atom stereocenters. The van der Waals surface area contributed by atoms with E-state index in [0.717, 1.165) is 30.4 Å². The van der Waals surface area contributed by atoms with E-state index in [4.69, 9.17) is 22.3 Å². The average Bonchev–Trinajstić information content (AvgIpc) is 3.76. The van der Waals surface area contributed by atoms with Gasteiger partial charge in [0.25, 0.3) is 5.91 Å². The van der Waals surface area contributed by atoms with Gasteiger partial charge in [0.2, 0.25) is 23.6 Å². The van der Waals surface area contributed by atoms with Crippen LogP contribution in [-0.4, -0.2) is 134 Å². The molecule has 1 aromatic rings. The summed E-state index contributed by atoms with van der Waals surface area (Å²) in [6.45, 7) is 8.64. The van der Waals surface area contributed by atoms with Gasteiger partial charge in [0.05, 0.1) is 12.5 Å². The fourth-order valence-electron chi connectivity index (χ4n) is 8.23. The van der Waals surface area contributed by atoms with Crippen molar-refractivity contribution >= 4 is 59.1 Å². The van der Waals surface area contributed by atoms with Crippen molar-refractivity contribution in [1.29, 1.82) is 0 Å². The number of anilines is 1. The predicted octanol–water partition coefficient (Wildman–Crippen LogP) is 0.347. The van der Waals surface area contributed by atoms with Gasteiger partial charge in [-0.15, -0.1) is 0 Å². The first kappa shape index (κ1) is 57.5. The normalized spacial score (nSPS) is 19.6. The van der Waals surface area contributed by atoms with Crippen molar-refractivity contribution in [3.05, 3.63) is 64.8 Å². The Bertz CT molecular complexity index is 2190. The number of nitrogens with one attached hydrogen (secondary N) is 6. The lowest BCUT2D eigenvalue weighted by Gasteiger charge is -2.34. The molecule has 3 rings (SSSR count). The highest BCUT2D eigenvalue weighted by atomic mass is 16.4. The van der Waals surface area contributed by atoms with Crippen LogP contribution < -0.4 is 49.2 Å². The Morgan fingerprint density at radius 2 is 1.43 bits per heavy atom. The van der Waals surface area contributed by atoms with Crippen molar-refractivity contribution in [2.24, 2.45) is 22.2 Å². The van der Waals surface area contributed by atoms with E-state index in [1.54, 1.807) is 6.07 Å². The number of allylic oxidation sites excluding steroid dienone is 6. The number of rotatable bonds is 29. The number of nitrogens with zero attached hydrogens (tertiary/aromatic N) is 2. The second kappa shape index (κ2) is 27.4. The van der Waals surface area contributed by atoms with Crippen LogP contribution in [0, 0.1) is 0 Å². The maximum atomic E-state index is 14.6. The molecule has 0 radical (unpaired) electrons.